The Bertz CT molecular complexity index is 431. The molecule has 5 heteroatoms. The molecule has 3 rings (SSSR count). The van der Waals surface area contributed by atoms with Crippen molar-refractivity contribution in [1.82, 2.24) is 9.88 Å². The zero-order chi connectivity index (χ0) is 11.2. The molecule has 0 radical (unpaired) electrons. The fraction of sp³-hybridized carbons (Fsp3) is 0.455. The molecule has 2 atom stereocenters. The van der Waals surface area contributed by atoms with E-state index >= 15 is 0 Å². The first kappa shape index (κ1) is 9.74. The van der Waals surface area contributed by atoms with E-state index in [-0.39, 0.29) is 5.78 Å². The molecule has 1 aromatic rings. The third-order valence-electron chi connectivity index (χ3n) is 3.08. The van der Waals surface area contributed by atoms with Gasteiger partial charge in [-0.25, -0.2) is 4.98 Å². The molecule has 0 N–H and O–H groups in total. The predicted octanol–water partition coefficient (Wildman–Crippen LogP) is 0.315. The monoisotopic (exact) mass is 220 g/mol. The number of hydrogen-bond acceptors (Lipinski definition) is 5. The average Bonchev–Trinajstić information content (AvgIpc) is 2.91. The second kappa shape index (κ2) is 3.26. The van der Waals surface area contributed by atoms with E-state index in [1.165, 1.54) is 6.20 Å². The highest BCUT2D eigenvalue weighted by Crippen LogP contribution is 2.40. The number of carbonyl (C=O) groups excluding carboxylic acids is 1. The number of methoxy groups -OCH3 is 1. The minimum Gasteiger partial charge on any atom is -0.481 e. The van der Waals surface area contributed by atoms with E-state index in [1.54, 1.807) is 19.2 Å². The number of ether oxygens (including phenoxy) is 2. The lowest BCUT2D eigenvalue weighted by Crippen LogP contribution is -2.28. The summed E-state index contributed by atoms with van der Waals surface area (Å²) in [6.45, 7) is 2.18. The summed E-state index contributed by atoms with van der Waals surface area (Å²) in [5, 5.41) is 0. The fourth-order valence-electron chi connectivity index (χ4n) is 2.09. The second-order valence-corrected chi connectivity index (χ2v) is 3.97. The van der Waals surface area contributed by atoms with Gasteiger partial charge in [0.25, 0.3) is 0 Å². The summed E-state index contributed by atoms with van der Waals surface area (Å²) < 4.78 is 10.5. The number of carbonyl (C=O) groups is 1. The summed E-state index contributed by atoms with van der Waals surface area (Å²) in [5.41, 5.74) is -0.0961. The van der Waals surface area contributed by atoms with Crippen molar-refractivity contribution < 1.29 is 14.3 Å². The predicted molar refractivity (Wildman–Crippen MR) is 55.4 cm³/mol. The summed E-state index contributed by atoms with van der Waals surface area (Å²) in [6, 6.07) is 3.41. The molecule has 3 heterocycles. The van der Waals surface area contributed by atoms with Crippen molar-refractivity contribution in [2.24, 2.45) is 0 Å². The lowest BCUT2D eigenvalue weighted by atomic mass is 10.1. The van der Waals surface area contributed by atoms with Crippen LogP contribution < -0.4 is 4.74 Å². The van der Waals surface area contributed by atoms with E-state index in [9.17, 15) is 4.79 Å². The molecule has 5 nitrogen and oxygen atoms in total. The van der Waals surface area contributed by atoms with Gasteiger partial charge in [0.15, 0.2) is 5.72 Å². The van der Waals surface area contributed by atoms with Crippen molar-refractivity contribution in [3.63, 3.8) is 0 Å². The first-order valence-electron chi connectivity index (χ1n) is 5.20. The molecule has 2 fully saturated rings. The molecule has 16 heavy (non-hydrogen) atoms. The van der Waals surface area contributed by atoms with E-state index in [1.807, 2.05) is 4.90 Å². The zero-order valence-corrected chi connectivity index (χ0v) is 8.97. The van der Waals surface area contributed by atoms with Crippen LogP contribution in [0.2, 0.25) is 0 Å². The molecule has 2 saturated heterocycles. The zero-order valence-electron chi connectivity index (χ0n) is 8.97. The molecule has 2 unspecified atom stereocenters. The lowest BCUT2D eigenvalue weighted by molar-refractivity contribution is 0.0433. The molecule has 0 bridgehead atoms. The third-order valence-corrected chi connectivity index (χ3v) is 3.08. The fourth-order valence-corrected chi connectivity index (χ4v) is 2.09. The van der Waals surface area contributed by atoms with Gasteiger partial charge in [-0.2, -0.15) is 0 Å². The minimum atomic E-state index is -0.670. The lowest BCUT2D eigenvalue weighted by Gasteiger charge is -2.09. The summed E-state index contributed by atoms with van der Waals surface area (Å²) in [7, 11) is 1.55. The molecule has 0 spiro atoms. The molecule has 84 valence electrons. The van der Waals surface area contributed by atoms with Crippen molar-refractivity contribution in [3.8, 4) is 5.88 Å². The Morgan fingerprint density at radius 1 is 1.62 bits per heavy atom. The number of hydrogen-bond donors (Lipinski definition) is 0. The summed E-state index contributed by atoms with van der Waals surface area (Å²) in [5.74, 6) is 0.509. The van der Waals surface area contributed by atoms with E-state index in [4.69, 9.17) is 9.47 Å². The van der Waals surface area contributed by atoms with E-state index in [0.717, 1.165) is 6.54 Å². The molecule has 0 aliphatic carbocycles. The van der Waals surface area contributed by atoms with E-state index in [2.05, 4.69) is 4.98 Å². The third kappa shape index (κ3) is 1.25. The Hall–Kier alpha value is -1.46. The topological polar surface area (TPSA) is 51.4 Å². The number of aromatic nitrogens is 1. The molecule has 0 saturated carbocycles. The Morgan fingerprint density at radius 2 is 2.50 bits per heavy atom. The number of fused-ring (bicyclic) bond motifs is 1. The van der Waals surface area contributed by atoms with E-state index < -0.39 is 5.72 Å². The van der Waals surface area contributed by atoms with Crippen LogP contribution in [0.25, 0.3) is 0 Å². The maximum Gasteiger partial charge on any atom is 0.212 e. The number of pyridine rings is 1. The molecule has 1 aromatic heterocycles. The van der Waals surface area contributed by atoms with Gasteiger partial charge >= 0.3 is 0 Å². The number of nitrogens with zero attached hydrogens (tertiary/aromatic N) is 2. The van der Waals surface area contributed by atoms with Gasteiger partial charge in [0.2, 0.25) is 11.7 Å². The van der Waals surface area contributed by atoms with Crippen molar-refractivity contribution in [3.05, 3.63) is 23.9 Å². The normalized spacial score (nSPS) is 30.9. The smallest absolute Gasteiger partial charge is 0.212 e. The van der Waals surface area contributed by atoms with Crippen LogP contribution >= 0.6 is 0 Å². The van der Waals surface area contributed by atoms with Crippen molar-refractivity contribution in [1.29, 1.82) is 0 Å². The van der Waals surface area contributed by atoms with Gasteiger partial charge in [-0.1, -0.05) is 0 Å². The number of Topliss-reactive ketones (excluding diaryl/α,β-unsaturated/α-hetero) is 1. The maximum atomic E-state index is 12.2. The average molecular weight is 220 g/mol. The first-order valence-corrected chi connectivity index (χ1v) is 5.20. The second-order valence-electron chi connectivity index (χ2n) is 3.97. The van der Waals surface area contributed by atoms with Gasteiger partial charge in [0, 0.05) is 24.4 Å². The molecule has 0 aromatic carbocycles. The molecule has 2 aliphatic heterocycles. The summed E-state index contributed by atoms with van der Waals surface area (Å²) in [6.07, 6.45) is 1.54. The minimum absolute atomic E-state index is 0.000142. The summed E-state index contributed by atoms with van der Waals surface area (Å²) in [4.78, 5) is 18.2. The number of rotatable bonds is 3. The van der Waals surface area contributed by atoms with Crippen molar-refractivity contribution in [2.45, 2.75) is 5.72 Å². The Labute approximate surface area is 93.0 Å². The Morgan fingerprint density at radius 3 is 3.00 bits per heavy atom. The molecule has 2 aliphatic rings. The van der Waals surface area contributed by atoms with Gasteiger partial charge in [-0.15, -0.1) is 0 Å². The van der Waals surface area contributed by atoms with Crippen molar-refractivity contribution >= 4 is 5.78 Å². The quantitative estimate of drug-likeness (QED) is 0.542. The van der Waals surface area contributed by atoms with Gasteiger partial charge in [-0.3, -0.25) is 9.69 Å². The van der Waals surface area contributed by atoms with Crippen molar-refractivity contribution in [2.75, 3.05) is 26.8 Å². The van der Waals surface area contributed by atoms with E-state index in [0.29, 0.717) is 24.6 Å². The Balaban J connectivity index is 1.84. The number of ketones is 1. The van der Waals surface area contributed by atoms with Gasteiger partial charge in [0.1, 0.15) is 0 Å². The maximum absolute atomic E-state index is 12.2. The number of morpholine rings is 1. The van der Waals surface area contributed by atoms with Gasteiger partial charge in [-0.05, 0) is 6.07 Å². The standard InChI is InChI=1S/C11H12N2O3/c1-15-9-3-2-8(6-12-9)10(14)11-7-13(11)4-5-16-11/h2-3,6H,4-5,7H2,1H3. The van der Waals surface area contributed by atoms with Gasteiger partial charge in [0.05, 0.1) is 20.3 Å². The van der Waals surface area contributed by atoms with Crippen LogP contribution in [-0.2, 0) is 4.74 Å². The van der Waals surface area contributed by atoms with Crippen LogP contribution in [0.3, 0.4) is 0 Å². The highest BCUT2D eigenvalue weighted by atomic mass is 16.6. The largest absolute Gasteiger partial charge is 0.481 e. The van der Waals surface area contributed by atoms with Crippen LogP contribution in [0.5, 0.6) is 5.88 Å². The first-order chi connectivity index (χ1) is 7.76. The molecular weight excluding hydrogens is 208 g/mol. The van der Waals surface area contributed by atoms with Crippen LogP contribution in [0.1, 0.15) is 10.4 Å². The van der Waals surface area contributed by atoms with Crippen LogP contribution in [0.4, 0.5) is 0 Å². The van der Waals surface area contributed by atoms with Crippen LogP contribution in [0, 0.1) is 0 Å². The van der Waals surface area contributed by atoms with Crippen LogP contribution in [-0.4, -0.2) is 48.2 Å². The molecular formula is C11H12N2O3. The van der Waals surface area contributed by atoms with Gasteiger partial charge < -0.3 is 9.47 Å². The highest BCUT2D eigenvalue weighted by molar-refractivity contribution is 6.04. The SMILES string of the molecule is COc1ccc(C(=O)C23CN2CCO3)cn1. The summed E-state index contributed by atoms with van der Waals surface area (Å²) >= 11 is 0. The van der Waals surface area contributed by atoms with Crippen LogP contribution in [0.15, 0.2) is 18.3 Å². The highest BCUT2D eigenvalue weighted by Gasteiger charge is 2.62. The molecule has 0 amide bonds. The Kier molecular flexibility index (Phi) is 1.99.